The lowest BCUT2D eigenvalue weighted by atomic mass is 10.2. The summed E-state index contributed by atoms with van der Waals surface area (Å²) >= 11 is 0. The highest BCUT2D eigenvalue weighted by atomic mass is 16.5. The molecule has 0 amide bonds. The molecule has 4 heteroatoms. The van der Waals surface area contributed by atoms with Crippen molar-refractivity contribution >= 4 is 0 Å². The minimum absolute atomic E-state index is 0.157. The minimum atomic E-state index is -0.323. The first kappa shape index (κ1) is 10.2. The molecule has 1 N–H and O–H groups in total. The van der Waals surface area contributed by atoms with Gasteiger partial charge < -0.3 is 14.4 Å². The molecule has 1 aromatic rings. The van der Waals surface area contributed by atoms with Crippen molar-refractivity contribution in [2.75, 3.05) is 6.61 Å². The molecule has 15 heavy (non-hydrogen) atoms. The Morgan fingerprint density at radius 2 is 2.47 bits per heavy atom. The monoisotopic (exact) mass is 209 g/mol. The average Bonchev–Trinajstić information content (AvgIpc) is 2.72. The maximum atomic E-state index is 11.1. The van der Waals surface area contributed by atoms with Crippen LogP contribution in [0, 0.1) is 6.92 Å². The molecule has 1 atom stereocenters. The molecule has 0 unspecified atom stereocenters. The van der Waals surface area contributed by atoms with Crippen LogP contribution in [0.1, 0.15) is 18.5 Å². The standard InChI is InChI=1S/C11H15NO3/c1-8-11(14)10(13)4-5-12(8)7-9-3-2-6-15-9/h4-5,9,14H,2-3,6-7H2,1H3/t9-/m0/s1. The fraction of sp³-hybridized carbons (Fsp3) is 0.545. The van der Waals surface area contributed by atoms with Crippen LogP contribution in [-0.2, 0) is 11.3 Å². The van der Waals surface area contributed by atoms with Gasteiger partial charge in [-0.15, -0.1) is 0 Å². The second-order valence-electron chi connectivity index (χ2n) is 3.90. The molecule has 0 bridgehead atoms. The van der Waals surface area contributed by atoms with Gasteiger partial charge in [0.15, 0.2) is 5.75 Å². The molecule has 1 saturated heterocycles. The summed E-state index contributed by atoms with van der Waals surface area (Å²) in [6, 6.07) is 1.39. The predicted molar refractivity (Wildman–Crippen MR) is 56.1 cm³/mol. The molecule has 1 aliphatic heterocycles. The van der Waals surface area contributed by atoms with Crippen molar-refractivity contribution in [1.29, 1.82) is 0 Å². The van der Waals surface area contributed by atoms with Crippen LogP contribution in [0.4, 0.5) is 0 Å². The van der Waals surface area contributed by atoms with Crippen molar-refractivity contribution in [1.82, 2.24) is 4.57 Å². The van der Waals surface area contributed by atoms with Gasteiger partial charge in [0.05, 0.1) is 11.8 Å². The average molecular weight is 209 g/mol. The molecule has 0 spiro atoms. The van der Waals surface area contributed by atoms with Crippen molar-refractivity contribution in [3.05, 3.63) is 28.2 Å². The van der Waals surface area contributed by atoms with E-state index in [2.05, 4.69) is 0 Å². The van der Waals surface area contributed by atoms with E-state index in [1.54, 1.807) is 13.1 Å². The van der Waals surface area contributed by atoms with E-state index in [-0.39, 0.29) is 17.3 Å². The second kappa shape index (κ2) is 4.06. The summed E-state index contributed by atoms with van der Waals surface area (Å²) in [5.74, 6) is -0.157. The maximum absolute atomic E-state index is 11.1. The van der Waals surface area contributed by atoms with E-state index < -0.39 is 0 Å². The molecule has 1 aromatic heterocycles. The smallest absolute Gasteiger partial charge is 0.223 e. The molecule has 1 fully saturated rings. The van der Waals surface area contributed by atoms with E-state index in [9.17, 15) is 9.90 Å². The summed E-state index contributed by atoms with van der Waals surface area (Å²) in [6.07, 6.45) is 4.06. The summed E-state index contributed by atoms with van der Waals surface area (Å²) in [6.45, 7) is 3.27. The predicted octanol–water partition coefficient (Wildman–Crippen LogP) is 1.04. The van der Waals surface area contributed by atoms with E-state index in [1.165, 1.54) is 6.07 Å². The number of aromatic hydroxyl groups is 1. The zero-order valence-electron chi connectivity index (χ0n) is 8.77. The Balaban J connectivity index is 2.21. The quantitative estimate of drug-likeness (QED) is 0.791. The van der Waals surface area contributed by atoms with Gasteiger partial charge in [-0.2, -0.15) is 0 Å². The van der Waals surface area contributed by atoms with Crippen molar-refractivity contribution in [3.63, 3.8) is 0 Å². The Bertz CT molecular complexity index is 405. The summed E-state index contributed by atoms with van der Waals surface area (Å²) < 4.78 is 7.37. The molecule has 82 valence electrons. The fourth-order valence-electron chi connectivity index (χ4n) is 1.87. The molecule has 0 saturated carbocycles. The lowest BCUT2D eigenvalue weighted by molar-refractivity contribution is 0.0962. The summed E-state index contributed by atoms with van der Waals surface area (Å²) in [4.78, 5) is 11.1. The van der Waals surface area contributed by atoms with Crippen LogP contribution in [-0.4, -0.2) is 22.4 Å². The topological polar surface area (TPSA) is 51.5 Å². The SMILES string of the molecule is Cc1c(O)c(=O)ccn1C[C@@H]1CCCO1. The van der Waals surface area contributed by atoms with Crippen LogP contribution in [0.25, 0.3) is 0 Å². The van der Waals surface area contributed by atoms with Gasteiger partial charge in [0.2, 0.25) is 5.43 Å². The molecule has 2 heterocycles. The summed E-state index contributed by atoms with van der Waals surface area (Å²) in [5, 5.41) is 9.49. The van der Waals surface area contributed by atoms with Gasteiger partial charge in [-0.25, -0.2) is 0 Å². The molecule has 4 nitrogen and oxygen atoms in total. The highest BCUT2D eigenvalue weighted by Gasteiger charge is 2.17. The van der Waals surface area contributed by atoms with Crippen LogP contribution >= 0.6 is 0 Å². The highest BCUT2D eigenvalue weighted by Crippen LogP contribution is 2.16. The first-order chi connectivity index (χ1) is 7.18. The molecule has 0 aromatic carbocycles. The third-order valence-electron chi connectivity index (χ3n) is 2.84. The number of nitrogens with zero attached hydrogens (tertiary/aromatic N) is 1. The number of aromatic nitrogens is 1. The van der Waals surface area contributed by atoms with Crippen LogP contribution in [0.2, 0.25) is 0 Å². The van der Waals surface area contributed by atoms with E-state index in [4.69, 9.17) is 4.74 Å². The zero-order chi connectivity index (χ0) is 10.8. The Hall–Kier alpha value is -1.29. The lowest BCUT2D eigenvalue weighted by Gasteiger charge is -2.15. The number of pyridine rings is 1. The molecule has 0 aliphatic carbocycles. The van der Waals surface area contributed by atoms with Crippen LogP contribution in [0.5, 0.6) is 5.75 Å². The Kier molecular flexibility index (Phi) is 2.77. The number of hydrogen-bond acceptors (Lipinski definition) is 3. The highest BCUT2D eigenvalue weighted by molar-refractivity contribution is 5.25. The van der Waals surface area contributed by atoms with E-state index in [0.717, 1.165) is 19.4 Å². The van der Waals surface area contributed by atoms with E-state index in [0.29, 0.717) is 12.2 Å². The normalized spacial score (nSPS) is 20.7. The Morgan fingerprint density at radius 1 is 1.67 bits per heavy atom. The van der Waals surface area contributed by atoms with Crippen LogP contribution in [0.3, 0.4) is 0 Å². The van der Waals surface area contributed by atoms with Crippen molar-refractivity contribution < 1.29 is 9.84 Å². The third kappa shape index (κ3) is 2.04. The third-order valence-corrected chi connectivity index (χ3v) is 2.84. The van der Waals surface area contributed by atoms with E-state index >= 15 is 0 Å². The Morgan fingerprint density at radius 3 is 3.13 bits per heavy atom. The van der Waals surface area contributed by atoms with Gasteiger partial charge in [-0.1, -0.05) is 0 Å². The first-order valence-corrected chi connectivity index (χ1v) is 5.19. The number of hydrogen-bond donors (Lipinski definition) is 1. The van der Waals surface area contributed by atoms with Crippen molar-refractivity contribution in [2.45, 2.75) is 32.4 Å². The molecular formula is C11H15NO3. The summed E-state index contributed by atoms with van der Waals surface area (Å²) in [5.41, 5.74) is 0.286. The number of ether oxygens (including phenoxy) is 1. The van der Waals surface area contributed by atoms with Gasteiger partial charge in [-0.05, 0) is 19.8 Å². The Labute approximate surface area is 88.1 Å². The van der Waals surface area contributed by atoms with Crippen molar-refractivity contribution in [2.24, 2.45) is 0 Å². The van der Waals surface area contributed by atoms with Gasteiger partial charge >= 0.3 is 0 Å². The second-order valence-corrected chi connectivity index (χ2v) is 3.90. The van der Waals surface area contributed by atoms with Crippen molar-refractivity contribution in [3.8, 4) is 5.75 Å². The van der Waals surface area contributed by atoms with Crippen LogP contribution < -0.4 is 5.43 Å². The zero-order valence-corrected chi connectivity index (χ0v) is 8.77. The van der Waals surface area contributed by atoms with E-state index in [1.807, 2.05) is 4.57 Å². The van der Waals surface area contributed by atoms with Gasteiger partial charge in [0, 0.05) is 25.4 Å². The maximum Gasteiger partial charge on any atom is 0.223 e. The number of rotatable bonds is 2. The van der Waals surface area contributed by atoms with Crippen LogP contribution in [0.15, 0.2) is 17.1 Å². The van der Waals surface area contributed by atoms with Gasteiger partial charge in [0.25, 0.3) is 0 Å². The fourth-order valence-corrected chi connectivity index (χ4v) is 1.87. The minimum Gasteiger partial charge on any atom is -0.503 e. The molecule has 1 aliphatic rings. The summed E-state index contributed by atoms with van der Waals surface area (Å²) in [7, 11) is 0. The van der Waals surface area contributed by atoms with Gasteiger partial charge in [0.1, 0.15) is 0 Å². The molecule has 2 rings (SSSR count). The first-order valence-electron chi connectivity index (χ1n) is 5.19. The lowest BCUT2D eigenvalue weighted by Crippen LogP contribution is -2.18. The molecule has 0 radical (unpaired) electrons. The largest absolute Gasteiger partial charge is 0.503 e. The van der Waals surface area contributed by atoms with Gasteiger partial charge in [-0.3, -0.25) is 4.79 Å². The molecular weight excluding hydrogens is 194 g/mol.